The number of aromatic amines is 1. The van der Waals surface area contributed by atoms with Crippen molar-refractivity contribution in [1.29, 1.82) is 5.26 Å². The first-order valence-corrected chi connectivity index (χ1v) is 13.6. The number of aliphatic hydroxyl groups is 1. The number of fused-ring (bicyclic) bond motifs is 1. The fourth-order valence-corrected chi connectivity index (χ4v) is 4.93. The number of allylic oxidation sites excluding steroid dienone is 2. The Bertz CT molecular complexity index is 1260. The van der Waals surface area contributed by atoms with Crippen LogP contribution in [0.15, 0.2) is 40.6 Å². The third-order valence-electron chi connectivity index (χ3n) is 7.00. The van der Waals surface area contributed by atoms with Gasteiger partial charge in [-0.15, -0.1) is 0 Å². The summed E-state index contributed by atoms with van der Waals surface area (Å²) in [7, 11) is 0. The van der Waals surface area contributed by atoms with Gasteiger partial charge < -0.3 is 30.9 Å². The standard InChI is InChI=1S/C30H42N6O3/c1-8-36(9-2)13-12-32-29(39)26-18(3)25(33-19(26)4)15-23-22-14-21(10-11-24(22)35-28(23)38)34-27(37)20(17-31)16-30(5,6)7/h11,14-16,21,28,33,35,38H,8-10,12-13H2,1-7H3,(H,32,39)(H,34,37)/b20-16+,23-15-. The lowest BCUT2D eigenvalue weighted by Gasteiger charge is -2.20. The zero-order valence-electron chi connectivity index (χ0n) is 24.2. The van der Waals surface area contributed by atoms with Gasteiger partial charge in [0, 0.05) is 41.3 Å². The summed E-state index contributed by atoms with van der Waals surface area (Å²) >= 11 is 0. The van der Waals surface area contributed by atoms with Crippen LogP contribution in [0.25, 0.3) is 6.08 Å². The highest BCUT2D eigenvalue weighted by molar-refractivity contribution is 5.98. The van der Waals surface area contributed by atoms with Crippen molar-refractivity contribution in [3.05, 3.63) is 63.2 Å². The number of rotatable bonds is 9. The molecule has 5 N–H and O–H groups in total. The Balaban J connectivity index is 1.82. The molecule has 1 aromatic rings. The average molecular weight is 535 g/mol. The first kappa shape index (κ1) is 29.9. The van der Waals surface area contributed by atoms with E-state index in [1.54, 1.807) is 6.08 Å². The molecule has 0 aromatic carbocycles. The molecule has 9 nitrogen and oxygen atoms in total. The van der Waals surface area contributed by atoms with Gasteiger partial charge >= 0.3 is 0 Å². The van der Waals surface area contributed by atoms with Crippen molar-refractivity contribution >= 4 is 17.9 Å². The minimum atomic E-state index is -0.929. The summed E-state index contributed by atoms with van der Waals surface area (Å²) in [5.41, 5.74) is 4.91. The topological polar surface area (TPSA) is 133 Å². The second-order valence-electron chi connectivity index (χ2n) is 11.1. The molecule has 210 valence electrons. The number of aryl methyl sites for hydroxylation is 1. The molecular formula is C30H42N6O3. The molecule has 3 rings (SSSR count). The van der Waals surface area contributed by atoms with Gasteiger partial charge in [0.2, 0.25) is 0 Å². The summed E-state index contributed by atoms with van der Waals surface area (Å²) in [6, 6.07) is 1.67. The lowest BCUT2D eigenvalue weighted by atomic mass is 9.93. The van der Waals surface area contributed by atoms with E-state index in [-0.39, 0.29) is 22.9 Å². The van der Waals surface area contributed by atoms with Crippen LogP contribution in [0.2, 0.25) is 0 Å². The third-order valence-corrected chi connectivity index (χ3v) is 7.00. The molecule has 0 spiro atoms. The summed E-state index contributed by atoms with van der Waals surface area (Å²) in [6.07, 6.45) is 6.96. The van der Waals surface area contributed by atoms with Gasteiger partial charge in [-0.2, -0.15) is 5.26 Å². The van der Waals surface area contributed by atoms with E-state index < -0.39 is 12.1 Å². The second-order valence-corrected chi connectivity index (χ2v) is 11.1. The number of amides is 2. The van der Waals surface area contributed by atoms with Crippen molar-refractivity contribution < 1.29 is 14.7 Å². The van der Waals surface area contributed by atoms with Gasteiger partial charge in [-0.05, 0) is 50.4 Å². The number of hydrogen-bond donors (Lipinski definition) is 5. The number of hydrogen-bond acceptors (Lipinski definition) is 6. The number of carbonyl (C=O) groups is 2. The van der Waals surface area contributed by atoms with Gasteiger partial charge in [-0.1, -0.05) is 52.8 Å². The van der Waals surface area contributed by atoms with Crippen molar-refractivity contribution in [2.24, 2.45) is 5.41 Å². The summed E-state index contributed by atoms with van der Waals surface area (Å²) < 4.78 is 0. The van der Waals surface area contributed by atoms with Crippen molar-refractivity contribution in [1.82, 2.24) is 25.8 Å². The minimum Gasteiger partial charge on any atom is -0.369 e. The number of aromatic nitrogens is 1. The minimum absolute atomic E-state index is 0.0800. The van der Waals surface area contributed by atoms with Crippen molar-refractivity contribution in [2.45, 2.75) is 67.2 Å². The van der Waals surface area contributed by atoms with E-state index in [0.717, 1.165) is 47.9 Å². The Hall–Kier alpha value is -3.61. The SMILES string of the molecule is CCN(CC)CCNC(=O)c1c(C)[nH]c(/C=C2/C3=CC(NC(=O)/C(C#N)=C/C(C)(C)C)CC=C3NC2O)c1C. The molecule has 0 saturated carbocycles. The second kappa shape index (κ2) is 12.5. The average Bonchev–Trinajstić information content (AvgIpc) is 3.33. The maximum absolute atomic E-state index is 13.0. The molecule has 2 unspecified atom stereocenters. The van der Waals surface area contributed by atoms with Crippen molar-refractivity contribution in [3.8, 4) is 6.07 Å². The van der Waals surface area contributed by atoms with Crippen LogP contribution >= 0.6 is 0 Å². The van der Waals surface area contributed by atoms with Gasteiger partial charge in [0.1, 0.15) is 11.6 Å². The van der Waals surface area contributed by atoms with Gasteiger partial charge in [-0.25, -0.2) is 0 Å². The van der Waals surface area contributed by atoms with Crippen LogP contribution in [-0.2, 0) is 4.79 Å². The molecule has 2 heterocycles. The fourth-order valence-electron chi connectivity index (χ4n) is 4.93. The Morgan fingerprint density at radius 2 is 1.95 bits per heavy atom. The van der Waals surface area contributed by atoms with E-state index in [4.69, 9.17) is 0 Å². The number of nitriles is 1. The van der Waals surface area contributed by atoms with Gasteiger partial charge in [0.15, 0.2) is 6.23 Å². The summed E-state index contributed by atoms with van der Waals surface area (Å²) in [5, 5.41) is 29.3. The number of aliphatic hydroxyl groups excluding tert-OH is 1. The molecule has 1 aliphatic carbocycles. The summed E-state index contributed by atoms with van der Waals surface area (Å²) in [6.45, 7) is 17.0. The van der Waals surface area contributed by atoms with Crippen LogP contribution in [0, 0.1) is 30.6 Å². The third kappa shape index (κ3) is 7.28. The molecule has 39 heavy (non-hydrogen) atoms. The van der Waals surface area contributed by atoms with E-state index >= 15 is 0 Å². The Morgan fingerprint density at radius 3 is 2.56 bits per heavy atom. The van der Waals surface area contributed by atoms with Crippen molar-refractivity contribution in [2.75, 3.05) is 26.2 Å². The highest BCUT2D eigenvalue weighted by atomic mass is 16.3. The van der Waals surface area contributed by atoms with E-state index in [1.807, 2.05) is 58.9 Å². The van der Waals surface area contributed by atoms with Gasteiger partial charge in [0.05, 0.1) is 11.6 Å². The largest absolute Gasteiger partial charge is 0.369 e. The molecule has 0 bridgehead atoms. The molecular weight excluding hydrogens is 492 g/mol. The molecule has 2 atom stereocenters. The Kier molecular flexibility index (Phi) is 9.59. The van der Waals surface area contributed by atoms with Crippen molar-refractivity contribution in [3.63, 3.8) is 0 Å². The number of likely N-dealkylation sites (N-methyl/N-ethyl adjacent to an activating group) is 1. The first-order chi connectivity index (χ1) is 18.4. The molecule has 1 fully saturated rings. The highest BCUT2D eigenvalue weighted by Gasteiger charge is 2.31. The van der Waals surface area contributed by atoms with E-state index in [2.05, 4.69) is 39.7 Å². The molecule has 9 heteroatoms. The van der Waals surface area contributed by atoms with Crippen LogP contribution in [0.3, 0.4) is 0 Å². The normalized spacial score (nSPS) is 20.2. The predicted molar refractivity (Wildman–Crippen MR) is 153 cm³/mol. The monoisotopic (exact) mass is 534 g/mol. The zero-order valence-corrected chi connectivity index (χ0v) is 24.2. The number of nitrogens with zero attached hydrogens (tertiary/aromatic N) is 2. The fraction of sp³-hybridized carbons (Fsp3) is 0.500. The molecule has 1 aromatic heterocycles. The number of H-pyrrole nitrogens is 1. The lowest BCUT2D eigenvalue weighted by Crippen LogP contribution is -2.35. The van der Waals surface area contributed by atoms with Crippen LogP contribution in [0.4, 0.5) is 0 Å². The van der Waals surface area contributed by atoms with E-state index in [0.29, 0.717) is 24.1 Å². The Labute approximate surface area is 231 Å². The van der Waals surface area contributed by atoms with Crippen LogP contribution in [0.5, 0.6) is 0 Å². The molecule has 1 aliphatic heterocycles. The molecule has 2 amide bonds. The first-order valence-electron chi connectivity index (χ1n) is 13.6. The van der Waals surface area contributed by atoms with Gasteiger partial charge in [0.25, 0.3) is 11.8 Å². The highest BCUT2D eigenvalue weighted by Crippen LogP contribution is 2.34. The molecule has 1 saturated heterocycles. The maximum atomic E-state index is 13.0. The number of nitrogens with one attached hydrogen (secondary N) is 4. The van der Waals surface area contributed by atoms with Crippen LogP contribution < -0.4 is 16.0 Å². The van der Waals surface area contributed by atoms with E-state index in [1.165, 1.54) is 0 Å². The summed E-state index contributed by atoms with van der Waals surface area (Å²) in [4.78, 5) is 31.3. The quantitative estimate of drug-likeness (QED) is 0.244. The smallest absolute Gasteiger partial charge is 0.262 e. The van der Waals surface area contributed by atoms with Crippen LogP contribution in [0.1, 0.15) is 68.3 Å². The maximum Gasteiger partial charge on any atom is 0.262 e. The molecule has 0 radical (unpaired) electrons. The predicted octanol–water partition coefficient (Wildman–Crippen LogP) is 3.20. The Morgan fingerprint density at radius 1 is 1.26 bits per heavy atom. The van der Waals surface area contributed by atoms with Crippen LogP contribution in [-0.4, -0.2) is 65.3 Å². The number of carbonyl (C=O) groups excluding carboxylic acids is 2. The zero-order chi connectivity index (χ0) is 28.9. The van der Waals surface area contributed by atoms with Gasteiger partial charge in [-0.3, -0.25) is 9.59 Å². The summed E-state index contributed by atoms with van der Waals surface area (Å²) in [5.74, 6) is -0.546. The lowest BCUT2D eigenvalue weighted by molar-refractivity contribution is -0.117. The molecule has 2 aliphatic rings. The van der Waals surface area contributed by atoms with E-state index in [9.17, 15) is 20.0 Å².